The topological polar surface area (TPSA) is 150 Å². The maximum Gasteiger partial charge on any atom is 0.338 e. The molecule has 12 rings (SSSR count). The average molecular weight is 901 g/mol. The fourth-order valence-corrected chi connectivity index (χ4v) is 10.9. The Morgan fingerprint density at radius 1 is 0.939 bits per heavy atom. The molecule has 7 aromatic rings. The third kappa shape index (κ3) is 6.17. The van der Waals surface area contributed by atoms with Crippen molar-refractivity contribution in [3.63, 3.8) is 0 Å². The molecule has 3 atom stereocenters. The summed E-state index contributed by atoms with van der Waals surface area (Å²) < 4.78 is 62.0. The quantitative estimate of drug-likeness (QED) is 0.167. The van der Waals surface area contributed by atoms with E-state index >= 15 is 18.0 Å². The number of aryl methyl sites for hydroxylation is 1. The van der Waals surface area contributed by atoms with Crippen molar-refractivity contribution >= 4 is 28.2 Å². The molecule has 2 aromatic carbocycles. The number of aromatic nitrogens is 7. The number of aliphatic hydroxyl groups excluding tert-OH is 1. The summed E-state index contributed by atoms with van der Waals surface area (Å²) in [5, 5.41) is 19.8. The Morgan fingerprint density at radius 2 is 1.74 bits per heavy atom. The number of halogens is 3. The van der Waals surface area contributed by atoms with Crippen LogP contribution in [-0.4, -0.2) is 80.0 Å². The van der Waals surface area contributed by atoms with Crippen LogP contribution in [0.2, 0.25) is 0 Å². The van der Waals surface area contributed by atoms with Crippen LogP contribution in [0, 0.1) is 17.5 Å². The highest BCUT2D eigenvalue weighted by Crippen LogP contribution is 2.53. The summed E-state index contributed by atoms with van der Waals surface area (Å²) in [6.45, 7) is 6.61. The van der Waals surface area contributed by atoms with Crippen LogP contribution >= 0.6 is 0 Å². The smallest absolute Gasteiger partial charge is 0.338 e. The van der Waals surface area contributed by atoms with Crippen LogP contribution in [0.3, 0.4) is 0 Å². The number of hydrogen-bond acceptors (Lipinski definition) is 9. The minimum Gasteiger partial charge on any atom is -0.376 e. The van der Waals surface area contributed by atoms with Gasteiger partial charge in [-0.15, -0.1) is 0 Å². The number of ether oxygens (including phenoxy) is 1. The number of hydroxylamine groups is 1. The number of amides is 1. The van der Waals surface area contributed by atoms with Crippen LogP contribution in [0.15, 0.2) is 77.0 Å². The molecule has 2 aliphatic carbocycles. The van der Waals surface area contributed by atoms with E-state index in [2.05, 4.69) is 15.6 Å². The summed E-state index contributed by atoms with van der Waals surface area (Å²) in [4.78, 5) is 41.4. The Labute approximate surface area is 375 Å². The third-order valence-electron chi connectivity index (χ3n) is 14.5. The Morgan fingerprint density at radius 3 is 2.48 bits per heavy atom. The Bertz CT molecular complexity index is 3280. The van der Waals surface area contributed by atoms with Gasteiger partial charge in [0, 0.05) is 56.5 Å². The minimum absolute atomic E-state index is 0.0272. The first-order chi connectivity index (χ1) is 31.7. The van der Waals surface area contributed by atoms with Gasteiger partial charge in [0.05, 0.1) is 62.3 Å². The molecule has 2 saturated carbocycles. The fraction of sp³-hybridized carbons (Fsp3) is 0.396. The molecule has 8 heterocycles. The zero-order chi connectivity index (χ0) is 45.6. The molecule has 3 aliphatic heterocycles. The van der Waals surface area contributed by atoms with Crippen molar-refractivity contribution in [2.75, 3.05) is 13.2 Å². The highest BCUT2D eigenvalue weighted by atomic mass is 19.1. The highest BCUT2D eigenvalue weighted by Gasteiger charge is 2.55. The number of fused-ring (bicyclic) bond motifs is 3. The summed E-state index contributed by atoms with van der Waals surface area (Å²) in [6, 6.07) is 10.7. The summed E-state index contributed by atoms with van der Waals surface area (Å²) in [5.41, 5.74) is 5.35. The van der Waals surface area contributed by atoms with Crippen molar-refractivity contribution in [3.8, 4) is 17.2 Å². The Kier molecular flexibility index (Phi) is 9.00. The van der Waals surface area contributed by atoms with E-state index in [9.17, 15) is 9.90 Å². The number of rotatable bonds is 8. The summed E-state index contributed by atoms with van der Waals surface area (Å²) in [6.07, 6.45) is 9.25. The number of amidine groups is 1. The minimum atomic E-state index is -1.44. The van der Waals surface area contributed by atoms with Crippen LogP contribution in [0.25, 0.3) is 33.6 Å². The third-order valence-corrected chi connectivity index (χ3v) is 14.5. The first-order valence-corrected chi connectivity index (χ1v) is 22.5. The van der Waals surface area contributed by atoms with Gasteiger partial charge in [-0.25, -0.2) is 38.0 Å². The predicted molar refractivity (Wildman–Crippen MR) is 236 cm³/mol. The van der Waals surface area contributed by atoms with Gasteiger partial charge in [-0.1, -0.05) is 0 Å². The number of imidazole rings is 1. The van der Waals surface area contributed by atoms with Crippen LogP contribution < -0.4 is 11.2 Å². The average Bonchev–Trinajstić information content (AvgIpc) is 4.03. The molecule has 0 bridgehead atoms. The van der Waals surface area contributed by atoms with E-state index in [0.717, 1.165) is 12.8 Å². The number of aliphatic imine (C=N–C) groups is 1. The summed E-state index contributed by atoms with van der Waals surface area (Å²) in [7, 11) is 1.71. The normalized spacial score (nSPS) is 22.2. The molecule has 66 heavy (non-hydrogen) atoms. The molecule has 1 saturated heterocycles. The van der Waals surface area contributed by atoms with E-state index in [4.69, 9.17) is 14.7 Å². The summed E-state index contributed by atoms with van der Waals surface area (Å²) in [5.74, 6) is -1.07. The number of pyridine rings is 1. The van der Waals surface area contributed by atoms with Gasteiger partial charge in [0.15, 0.2) is 11.6 Å². The van der Waals surface area contributed by atoms with Crippen molar-refractivity contribution in [1.29, 1.82) is 0 Å². The number of carbonyl (C=O) groups is 1. The number of aliphatic hydroxyl groups is 1. The Hall–Kier alpha value is -6.50. The van der Waals surface area contributed by atoms with E-state index in [0.29, 0.717) is 89.6 Å². The highest BCUT2D eigenvalue weighted by molar-refractivity contribution is 6.03. The fourth-order valence-electron chi connectivity index (χ4n) is 10.9. The lowest BCUT2D eigenvalue weighted by Gasteiger charge is -2.36. The van der Waals surface area contributed by atoms with Crippen molar-refractivity contribution in [1.82, 2.24) is 43.5 Å². The van der Waals surface area contributed by atoms with Gasteiger partial charge in [0.25, 0.3) is 12.3 Å². The zero-order valence-electron chi connectivity index (χ0n) is 36.8. The van der Waals surface area contributed by atoms with Gasteiger partial charge in [0.2, 0.25) is 0 Å². The van der Waals surface area contributed by atoms with Crippen molar-refractivity contribution < 1.29 is 32.6 Å². The molecular formula is C48H47F3N10O5. The largest absolute Gasteiger partial charge is 0.376 e. The number of hydrogen-bond donors (Lipinski definition) is 2. The van der Waals surface area contributed by atoms with Gasteiger partial charge < -0.3 is 19.1 Å². The van der Waals surface area contributed by atoms with E-state index in [1.165, 1.54) is 33.7 Å². The molecule has 18 heteroatoms. The van der Waals surface area contributed by atoms with Crippen molar-refractivity contribution in [3.05, 3.63) is 129 Å². The molecule has 15 nitrogen and oxygen atoms in total. The molecule has 0 radical (unpaired) electrons. The van der Waals surface area contributed by atoms with Crippen LogP contribution in [-0.2, 0) is 28.5 Å². The number of nitrogens with zero attached hydrogens (tertiary/aromatic N) is 9. The second-order valence-electron chi connectivity index (χ2n) is 19.1. The Balaban J connectivity index is 0.999. The van der Waals surface area contributed by atoms with Crippen LogP contribution in [0.5, 0.6) is 0 Å². The monoisotopic (exact) mass is 900 g/mol. The van der Waals surface area contributed by atoms with Crippen molar-refractivity contribution in [2.45, 2.75) is 101 Å². The van der Waals surface area contributed by atoms with Gasteiger partial charge in [-0.2, -0.15) is 10.2 Å². The second kappa shape index (κ2) is 14.5. The maximum atomic E-state index is 17.1. The van der Waals surface area contributed by atoms with Gasteiger partial charge >= 0.3 is 5.69 Å². The number of nitrogens with one attached hydrogen (secondary N) is 1. The number of benzene rings is 2. The van der Waals surface area contributed by atoms with Crippen LogP contribution in [0.4, 0.5) is 13.2 Å². The molecule has 5 aliphatic rings. The zero-order valence-corrected chi connectivity index (χ0v) is 36.8. The maximum absolute atomic E-state index is 17.1. The lowest BCUT2D eigenvalue weighted by atomic mass is 9.83. The lowest BCUT2D eigenvalue weighted by Crippen LogP contribution is -2.41. The van der Waals surface area contributed by atoms with E-state index in [1.807, 2.05) is 27.0 Å². The molecule has 0 spiro atoms. The molecule has 2 N–H and O–H groups in total. The van der Waals surface area contributed by atoms with Crippen molar-refractivity contribution in [2.24, 2.45) is 12.0 Å². The molecule has 5 aromatic heterocycles. The van der Waals surface area contributed by atoms with Gasteiger partial charge in [-0.3, -0.25) is 18.6 Å². The van der Waals surface area contributed by atoms with Gasteiger partial charge in [-0.05, 0) is 125 Å². The second-order valence-corrected chi connectivity index (χ2v) is 19.1. The van der Waals surface area contributed by atoms with E-state index in [1.54, 1.807) is 62.2 Å². The first kappa shape index (κ1) is 41.0. The molecule has 3 fully saturated rings. The van der Waals surface area contributed by atoms with Crippen LogP contribution in [0.1, 0.15) is 116 Å². The SMILES string of the molecule is C[C@H]1c2c(nn(-c3ccc(F)c(C4CC4)c3)c2-n2ccn(-c3ccc4c(cnn4C)c3F)c2=O)CCN1C(=O)c1cc2c(F)c([C@@H]3CCOC(C)(C)C3)ccn2c1C1(C2=NC(O)ON2)CC1. The van der Waals surface area contributed by atoms with E-state index < -0.39 is 40.8 Å². The number of carbonyl (C=O) groups excluding carboxylic acids is 1. The molecule has 1 unspecified atom stereocenters. The summed E-state index contributed by atoms with van der Waals surface area (Å²) >= 11 is 0. The van der Waals surface area contributed by atoms with E-state index in [-0.39, 0.29) is 52.3 Å². The standard InChI is InChI=1S/C48H47F3N10O5/c1-25-38-34(54-61(28-7-8-33(49)30(21-28)26-5-6-26)42(38)60-19-18-59(46(60)64)36-10-9-35-32(40(36)51)24-52-56(35)4)12-17-57(25)43(62)31-22-37-39(50)29(27-13-20-65-47(2,3)23-27)11-16-58(37)41(31)48(14-15-48)44-53-45(63)66-55-44/h7-11,16,18-19,21-22,24-27,45,63H,5-6,12-15,17,20,23H2,1-4H3,(H,53,55)/t25-,27+,45?/m0/s1. The molecular weight excluding hydrogens is 854 g/mol. The molecule has 1 amide bonds. The molecule has 340 valence electrons. The lowest BCUT2D eigenvalue weighted by molar-refractivity contribution is -0.102. The predicted octanol–water partition coefficient (Wildman–Crippen LogP) is 6.92. The first-order valence-electron chi connectivity index (χ1n) is 22.5. The van der Waals surface area contributed by atoms with Gasteiger partial charge in [0.1, 0.15) is 17.5 Å².